The van der Waals surface area contributed by atoms with Crippen molar-refractivity contribution in [2.24, 2.45) is 0 Å². The van der Waals surface area contributed by atoms with Crippen LogP contribution in [0, 0.1) is 0 Å². The van der Waals surface area contributed by atoms with Gasteiger partial charge in [0.15, 0.2) is 11.4 Å². The minimum absolute atomic E-state index is 0.141. The first-order valence-corrected chi connectivity index (χ1v) is 11.5. The largest absolute Gasteiger partial charge is 0.417 e. The predicted molar refractivity (Wildman–Crippen MR) is 115 cm³/mol. The van der Waals surface area contributed by atoms with Crippen LogP contribution >= 0.6 is 11.6 Å². The fourth-order valence-electron chi connectivity index (χ4n) is 3.29. The van der Waals surface area contributed by atoms with Crippen LogP contribution in [-0.2, 0) is 22.4 Å². The van der Waals surface area contributed by atoms with Crippen LogP contribution in [-0.4, -0.2) is 29.4 Å². The van der Waals surface area contributed by atoms with Gasteiger partial charge in [0.1, 0.15) is 0 Å². The van der Waals surface area contributed by atoms with E-state index in [0.717, 1.165) is 18.2 Å². The third-order valence-electron chi connectivity index (χ3n) is 5.05. The summed E-state index contributed by atoms with van der Waals surface area (Å²) in [5.74, 6) is -0.141. The quantitative estimate of drug-likeness (QED) is 0.369. The molecule has 0 radical (unpaired) electrons. The highest BCUT2D eigenvalue weighted by Crippen LogP contribution is 2.39. The van der Waals surface area contributed by atoms with Gasteiger partial charge >= 0.3 is 6.18 Å². The van der Waals surface area contributed by atoms with Crippen LogP contribution in [0.1, 0.15) is 27.9 Å². The molecule has 4 aromatic rings. The van der Waals surface area contributed by atoms with Crippen molar-refractivity contribution >= 4 is 38.3 Å². The molecule has 0 fully saturated rings. The first-order valence-electron chi connectivity index (χ1n) is 9.59. The molecule has 0 amide bonds. The summed E-state index contributed by atoms with van der Waals surface area (Å²) in [6.07, 6.45) is -1.26. The zero-order valence-electron chi connectivity index (χ0n) is 16.7. The molecule has 0 aliphatic heterocycles. The van der Waals surface area contributed by atoms with Gasteiger partial charge in [0.2, 0.25) is 9.84 Å². The number of aromatic amines is 1. The normalized spacial score (nSPS) is 12.2. The third kappa shape index (κ3) is 4.62. The number of nitrogens with one attached hydrogen (secondary N) is 1. The molecule has 0 aliphatic rings. The van der Waals surface area contributed by atoms with Gasteiger partial charge < -0.3 is 0 Å². The van der Waals surface area contributed by atoms with Gasteiger partial charge in [-0.2, -0.15) is 18.3 Å². The topological polar surface area (TPSA) is 92.8 Å². The number of ketones is 1. The summed E-state index contributed by atoms with van der Waals surface area (Å²) in [6.45, 7) is 0. The molecule has 0 saturated carbocycles. The minimum Gasteiger partial charge on any atom is -0.294 e. The maximum Gasteiger partial charge on any atom is 0.417 e. The van der Waals surface area contributed by atoms with Gasteiger partial charge in [0, 0.05) is 23.6 Å². The standard InChI is InChI=1S/C22H15ClF3N3O3S/c23-20-17(22(24,25)26)2-1-3-19(20)33(31,32)16-7-4-13(5-8-16)6-9-18(30)14-10-15-12-28-29-21(15)27-11-14/h1-5,7-8,10-12H,6,9H2,(H,27,28,29). The predicted octanol–water partition coefficient (Wildman–Crippen LogP) is 5.28. The lowest BCUT2D eigenvalue weighted by Gasteiger charge is -2.13. The summed E-state index contributed by atoms with van der Waals surface area (Å²) >= 11 is 5.78. The fourth-order valence-corrected chi connectivity index (χ4v) is 5.18. The van der Waals surface area contributed by atoms with Crippen molar-refractivity contribution in [3.63, 3.8) is 0 Å². The average molecular weight is 494 g/mol. The van der Waals surface area contributed by atoms with E-state index in [0.29, 0.717) is 28.6 Å². The highest BCUT2D eigenvalue weighted by atomic mass is 35.5. The molecule has 0 bridgehead atoms. The molecule has 11 heteroatoms. The summed E-state index contributed by atoms with van der Waals surface area (Å²) in [4.78, 5) is 15.8. The van der Waals surface area contributed by atoms with E-state index in [1.54, 1.807) is 12.3 Å². The van der Waals surface area contributed by atoms with Gasteiger partial charge in [-0.15, -0.1) is 0 Å². The molecule has 0 atom stereocenters. The number of rotatable bonds is 6. The molecule has 4 rings (SSSR count). The number of sulfone groups is 1. The van der Waals surface area contributed by atoms with E-state index >= 15 is 0 Å². The Hall–Kier alpha value is -3.24. The Morgan fingerprint density at radius 1 is 1.06 bits per heavy atom. The zero-order valence-corrected chi connectivity index (χ0v) is 18.3. The Balaban J connectivity index is 1.50. The van der Waals surface area contributed by atoms with Crippen LogP contribution in [0.3, 0.4) is 0 Å². The Bertz CT molecular complexity index is 1450. The minimum atomic E-state index is -4.78. The molecular formula is C22H15ClF3N3O3S. The molecule has 6 nitrogen and oxygen atoms in total. The number of nitrogens with zero attached hydrogens (tertiary/aromatic N) is 2. The molecule has 0 spiro atoms. The van der Waals surface area contributed by atoms with Gasteiger partial charge in [-0.25, -0.2) is 13.4 Å². The van der Waals surface area contributed by atoms with Crippen molar-refractivity contribution in [2.75, 3.05) is 0 Å². The summed E-state index contributed by atoms with van der Waals surface area (Å²) in [6, 6.07) is 10.0. The van der Waals surface area contributed by atoms with Gasteiger partial charge in [-0.05, 0) is 42.3 Å². The van der Waals surface area contributed by atoms with Crippen LogP contribution in [0.4, 0.5) is 13.2 Å². The first kappa shape index (κ1) is 22.9. The van der Waals surface area contributed by atoms with E-state index in [4.69, 9.17) is 11.6 Å². The third-order valence-corrected chi connectivity index (χ3v) is 7.38. The van der Waals surface area contributed by atoms with Crippen LogP contribution in [0.15, 0.2) is 70.7 Å². The van der Waals surface area contributed by atoms with Crippen molar-refractivity contribution in [1.29, 1.82) is 0 Å². The second-order valence-corrected chi connectivity index (χ2v) is 9.51. The lowest BCUT2D eigenvalue weighted by molar-refractivity contribution is -0.137. The molecular weight excluding hydrogens is 479 g/mol. The number of H-pyrrole nitrogens is 1. The molecule has 2 heterocycles. The van der Waals surface area contributed by atoms with Gasteiger partial charge in [-0.3, -0.25) is 9.89 Å². The number of carbonyl (C=O) groups excluding carboxylic acids is 1. The summed E-state index contributed by atoms with van der Waals surface area (Å²) < 4.78 is 65.0. The van der Waals surface area contributed by atoms with E-state index < -0.39 is 31.5 Å². The number of halogens is 4. The zero-order chi connectivity index (χ0) is 23.8. The Labute approximate surface area is 191 Å². The van der Waals surface area contributed by atoms with Crippen LogP contribution in [0.5, 0.6) is 0 Å². The maximum atomic E-state index is 13.1. The number of pyridine rings is 1. The van der Waals surface area contributed by atoms with E-state index in [-0.39, 0.29) is 17.1 Å². The average Bonchev–Trinajstić information content (AvgIpc) is 3.25. The van der Waals surface area contributed by atoms with E-state index in [2.05, 4.69) is 15.2 Å². The van der Waals surface area contributed by atoms with Gasteiger partial charge in [0.05, 0.1) is 26.6 Å². The van der Waals surface area contributed by atoms with Crippen molar-refractivity contribution in [2.45, 2.75) is 28.8 Å². The first-order chi connectivity index (χ1) is 15.6. The maximum absolute atomic E-state index is 13.1. The number of benzene rings is 2. The molecule has 170 valence electrons. The van der Waals surface area contributed by atoms with Crippen LogP contribution in [0.2, 0.25) is 5.02 Å². The molecule has 2 aromatic carbocycles. The number of fused-ring (bicyclic) bond motifs is 1. The number of carbonyl (C=O) groups is 1. The van der Waals surface area contributed by atoms with Gasteiger partial charge in [-0.1, -0.05) is 29.8 Å². The number of alkyl halides is 3. The van der Waals surface area contributed by atoms with Crippen molar-refractivity contribution in [1.82, 2.24) is 15.2 Å². The molecule has 0 unspecified atom stereocenters. The van der Waals surface area contributed by atoms with E-state index in [1.165, 1.54) is 30.5 Å². The monoisotopic (exact) mass is 493 g/mol. The fraction of sp³-hybridized carbons (Fsp3) is 0.136. The molecule has 0 saturated heterocycles. The lowest BCUT2D eigenvalue weighted by Crippen LogP contribution is -2.10. The second-order valence-electron chi connectivity index (χ2n) is 7.22. The number of hydrogen-bond donors (Lipinski definition) is 1. The Morgan fingerprint density at radius 2 is 1.79 bits per heavy atom. The molecule has 1 N–H and O–H groups in total. The molecule has 0 aliphatic carbocycles. The highest BCUT2D eigenvalue weighted by molar-refractivity contribution is 7.91. The Morgan fingerprint density at radius 3 is 2.48 bits per heavy atom. The number of Topliss-reactive ketones (excluding diaryl/α,β-unsaturated/α-hetero) is 1. The summed E-state index contributed by atoms with van der Waals surface area (Å²) in [5, 5.41) is 6.40. The summed E-state index contributed by atoms with van der Waals surface area (Å²) in [5.41, 5.74) is 0.477. The van der Waals surface area contributed by atoms with Gasteiger partial charge in [0.25, 0.3) is 0 Å². The van der Waals surface area contributed by atoms with E-state index in [9.17, 15) is 26.4 Å². The van der Waals surface area contributed by atoms with Crippen molar-refractivity contribution in [3.05, 3.63) is 82.6 Å². The molecule has 2 aromatic heterocycles. The lowest BCUT2D eigenvalue weighted by atomic mass is 10.0. The number of aryl methyl sites for hydroxylation is 1. The van der Waals surface area contributed by atoms with Crippen molar-refractivity contribution in [3.8, 4) is 0 Å². The smallest absolute Gasteiger partial charge is 0.294 e. The highest BCUT2D eigenvalue weighted by Gasteiger charge is 2.36. The van der Waals surface area contributed by atoms with Crippen molar-refractivity contribution < 1.29 is 26.4 Å². The Kier molecular flexibility index (Phi) is 5.98. The van der Waals surface area contributed by atoms with E-state index in [1.807, 2.05) is 0 Å². The number of hydrogen-bond acceptors (Lipinski definition) is 5. The summed E-state index contributed by atoms with van der Waals surface area (Å²) in [7, 11) is -4.27. The molecule has 33 heavy (non-hydrogen) atoms. The number of aromatic nitrogens is 3. The van der Waals surface area contributed by atoms with Crippen LogP contribution < -0.4 is 0 Å². The van der Waals surface area contributed by atoms with Crippen LogP contribution in [0.25, 0.3) is 11.0 Å². The SMILES string of the molecule is O=C(CCc1ccc(S(=O)(=O)c2cccc(C(F)(F)F)c2Cl)cc1)c1cnc2[nH]ncc2c1. The second kappa shape index (κ2) is 8.60.